The van der Waals surface area contributed by atoms with Gasteiger partial charge in [0.15, 0.2) is 0 Å². The summed E-state index contributed by atoms with van der Waals surface area (Å²) in [4.78, 5) is 23.1. The Balaban J connectivity index is 2.16. The van der Waals surface area contributed by atoms with E-state index in [0.717, 1.165) is 5.56 Å². The molecule has 0 aliphatic rings. The Morgan fingerprint density at radius 3 is 2.33 bits per heavy atom. The standard InChI is InChI=1S/C15H11Cl2NO3/c16-10-6-4-9(5-7-10)8-13(19)18-14-11(15(20)21)2-1-3-12(14)17/h1-7H,8H2,(H,18,19)(H,20,21). The average Bonchev–Trinajstić information content (AvgIpc) is 2.43. The van der Waals surface area contributed by atoms with Crippen molar-refractivity contribution in [1.82, 2.24) is 0 Å². The summed E-state index contributed by atoms with van der Waals surface area (Å²) in [6.07, 6.45) is 0.0987. The maximum Gasteiger partial charge on any atom is 0.337 e. The summed E-state index contributed by atoms with van der Waals surface area (Å²) in [6.45, 7) is 0. The van der Waals surface area contributed by atoms with Gasteiger partial charge in [-0.2, -0.15) is 0 Å². The van der Waals surface area contributed by atoms with Crippen molar-refractivity contribution in [3.8, 4) is 0 Å². The molecule has 108 valence electrons. The molecule has 21 heavy (non-hydrogen) atoms. The molecule has 0 atom stereocenters. The van der Waals surface area contributed by atoms with Crippen molar-refractivity contribution in [1.29, 1.82) is 0 Å². The van der Waals surface area contributed by atoms with E-state index >= 15 is 0 Å². The minimum absolute atomic E-state index is 0.0491. The quantitative estimate of drug-likeness (QED) is 0.897. The molecule has 2 aromatic rings. The largest absolute Gasteiger partial charge is 0.478 e. The van der Waals surface area contributed by atoms with Crippen LogP contribution in [0.5, 0.6) is 0 Å². The fraction of sp³-hybridized carbons (Fsp3) is 0.0667. The number of anilines is 1. The first-order valence-corrected chi connectivity index (χ1v) is 6.79. The van der Waals surface area contributed by atoms with E-state index in [1.54, 1.807) is 24.3 Å². The number of halogens is 2. The van der Waals surface area contributed by atoms with Crippen LogP contribution in [0, 0.1) is 0 Å². The molecule has 0 fully saturated rings. The number of nitrogens with one attached hydrogen (secondary N) is 1. The first-order valence-electron chi connectivity index (χ1n) is 6.03. The van der Waals surface area contributed by atoms with E-state index < -0.39 is 5.97 Å². The van der Waals surface area contributed by atoms with Gasteiger partial charge < -0.3 is 10.4 Å². The van der Waals surface area contributed by atoms with Crippen molar-refractivity contribution >= 4 is 40.8 Å². The molecule has 0 aromatic heterocycles. The Labute approximate surface area is 131 Å². The number of carboxylic acid groups (broad SMARTS) is 1. The van der Waals surface area contributed by atoms with Crippen LogP contribution in [0.25, 0.3) is 0 Å². The molecule has 0 radical (unpaired) electrons. The Kier molecular flexibility index (Phi) is 4.83. The molecule has 0 saturated carbocycles. The minimum Gasteiger partial charge on any atom is -0.478 e. The van der Waals surface area contributed by atoms with E-state index in [-0.39, 0.29) is 28.6 Å². The fourth-order valence-corrected chi connectivity index (χ4v) is 2.15. The van der Waals surface area contributed by atoms with Crippen molar-refractivity contribution in [3.63, 3.8) is 0 Å². The molecular formula is C15H11Cl2NO3. The number of amides is 1. The number of carboxylic acids is 1. The molecule has 6 heteroatoms. The number of hydrogen-bond acceptors (Lipinski definition) is 2. The van der Waals surface area contributed by atoms with Crippen LogP contribution < -0.4 is 5.32 Å². The van der Waals surface area contributed by atoms with E-state index in [9.17, 15) is 9.59 Å². The van der Waals surface area contributed by atoms with Gasteiger partial charge >= 0.3 is 5.97 Å². The van der Waals surface area contributed by atoms with Crippen LogP contribution in [0.1, 0.15) is 15.9 Å². The smallest absolute Gasteiger partial charge is 0.337 e. The van der Waals surface area contributed by atoms with Gasteiger partial charge in [0, 0.05) is 5.02 Å². The number of hydrogen-bond donors (Lipinski definition) is 2. The highest BCUT2D eigenvalue weighted by molar-refractivity contribution is 6.34. The van der Waals surface area contributed by atoms with E-state index in [0.29, 0.717) is 5.02 Å². The lowest BCUT2D eigenvalue weighted by Gasteiger charge is -2.10. The summed E-state index contributed by atoms with van der Waals surface area (Å²) in [5.74, 6) is -1.51. The van der Waals surface area contributed by atoms with Crippen LogP contribution in [-0.2, 0) is 11.2 Å². The van der Waals surface area contributed by atoms with Crippen LogP contribution in [-0.4, -0.2) is 17.0 Å². The average molecular weight is 324 g/mol. The minimum atomic E-state index is -1.15. The number of aromatic carboxylic acids is 1. The summed E-state index contributed by atoms with van der Waals surface area (Å²) in [7, 11) is 0. The van der Waals surface area contributed by atoms with Gasteiger partial charge in [-0.25, -0.2) is 4.79 Å². The van der Waals surface area contributed by atoms with Crippen molar-refractivity contribution in [2.45, 2.75) is 6.42 Å². The number of para-hydroxylation sites is 1. The zero-order valence-electron chi connectivity index (χ0n) is 10.8. The molecule has 0 aliphatic heterocycles. The van der Waals surface area contributed by atoms with Gasteiger partial charge in [0.25, 0.3) is 0 Å². The maximum atomic E-state index is 12.0. The van der Waals surface area contributed by atoms with Gasteiger partial charge in [0.1, 0.15) is 0 Å². The second kappa shape index (κ2) is 6.61. The lowest BCUT2D eigenvalue weighted by atomic mass is 10.1. The molecule has 0 heterocycles. The fourth-order valence-electron chi connectivity index (χ4n) is 1.80. The number of benzene rings is 2. The molecule has 0 aliphatic carbocycles. The van der Waals surface area contributed by atoms with Crippen molar-refractivity contribution in [2.75, 3.05) is 5.32 Å². The molecule has 2 aromatic carbocycles. The molecule has 0 bridgehead atoms. The molecule has 1 amide bonds. The van der Waals surface area contributed by atoms with Crippen molar-refractivity contribution < 1.29 is 14.7 Å². The summed E-state index contributed by atoms with van der Waals surface area (Å²) < 4.78 is 0. The number of rotatable bonds is 4. The zero-order valence-corrected chi connectivity index (χ0v) is 12.3. The molecule has 4 nitrogen and oxygen atoms in total. The second-order valence-electron chi connectivity index (χ2n) is 4.32. The van der Waals surface area contributed by atoms with Gasteiger partial charge in [-0.15, -0.1) is 0 Å². The first kappa shape index (κ1) is 15.4. The predicted molar refractivity (Wildman–Crippen MR) is 82.2 cm³/mol. The van der Waals surface area contributed by atoms with Gasteiger partial charge in [-0.3, -0.25) is 4.79 Å². The summed E-state index contributed by atoms with van der Waals surface area (Å²) >= 11 is 11.7. The van der Waals surface area contributed by atoms with Gasteiger partial charge in [-0.05, 0) is 29.8 Å². The number of carbonyl (C=O) groups excluding carboxylic acids is 1. The van der Waals surface area contributed by atoms with Gasteiger partial charge in [0.05, 0.1) is 22.7 Å². The Morgan fingerprint density at radius 2 is 1.71 bits per heavy atom. The van der Waals surface area contributed by atoms with Crippen LogP contribution in [0.15, 0.2) is 42.5 Å². The SMILES string of the molecule is O=C(Cc1ccc(Cl)cc1)Nc1c(Cl)cccc1C(=O)O. The third-order valence-corrected chi connectivity index (χ3v) is 3.35. The molecule has 2 rings (SSSR count). The van der Waals surface area contributed by atoms with Gasteiger partial charge in [-0.1, -0.05) is 41.4 Å². The van der Waals surface area contributed by atoms with Crippen LogP contribution in [0.4, 0.5) is 5.69 Å². The Hall–Kier alpha value is -2.04. The second-order valence-corrected chi connectivity index (χ2v) is 5.16. The summed E-state index contributed by atoms with van der Waals surface area (Å²) in [5.41, 5.74) is 0.818. The van der Waals surface area contributed by atoms with E-state index in [4.69, 9.17) is 28.3 Å². The van der Waals surface area contributed by atoms with Crippen molar-refractivity contribution in [2.24, 2.45) is 0 Å². The third kappa shape index (κ3) is 3.97. The molecular weight excluding hydrogens is 313 g/mol. The van der Waals surface area contributed by atoms with E-state index in [1.165, 1.54) is 18.2 Å². The highest BCUT2D eigenvalue weighted by Gasteiger charge is 2.15. The van der Waals surface area contributed by atoms with Crippen molar-refractivity contribution in [3.05, 3.63) is 63.6 Å². The van der Waals surface area contributed by atoms with Crippen LogP contribution >= 0.6 is 23.2 Å². The molecule has 0 saturated heterocycles. The zero-order chi connectivity index (χ0) is 15.4. The lowest BCUT2D eigenvalue weighted by molar-refractivity contribution is -0.115. The van der Waals surface area contributed by atoms with Crippen LogP contribution in [0.2, 0.25) is 10.0 Å². The highest BCUT2D eigenvalue weighted by Crippen LogP contribution is 2.26. The Morgan fingerprint density at radius 1 is 1.05 bits per heavy atom. The normalized spacial score (nSPS) is 10.2. The predicted octanol–water partition coefficient (Wildman–Crippen LogP) is 3.87. The van der Waals surface area contributed by atoms with Gasteiger partial charge in [0.2, 0.25) is 5.91 Å². The molecule has 0 spiro atoms. The van der Waals surface area contributed by atoms with E-state index in [1.807, 2.05) is 0 Å². The third-order valence-electron chi connectivity index (χ3n) is 2.79. The Bertz CT molecular complexity index is 684. The lowest BCUT2D eigenvalue weighted by Crippen LogP contribution is -2.17. The maximum absolute atomic E-state index is 12.0. The molecule has 0 unspecified atom stereocenters. The topological polar surface area (TPSA) is 66.4 Å². The summed E-state index contributed by atoms with van der Waals surface area (Å²) in [5, 5.41) is 12.4. The first-order chi connectivity index (χ1) is 9.97. The summed E-state index contributed by atoms with van der Waals surface area (Å²) in [6, 6.07) is 11.2. The monoisotopic (exact) mass is 323 g/mol. The van der Waals surface area contributed by atoms with Crippen LogP contribution in [0.3, 0.4) is 0 Å². The highest BCUT2D eigenvalue weighted by atomic mass is 35.5. The number of carbonyl (C=O) groups is 2. The molecule has 2 N–H and O–H groups in total. The van der Waals surface area contributed by atoms with E-state index in [2.05, 4.69) is 5.32 Å².